The molecule has 49 heavy (non-hydrogen) atoms. The molecule has 2 aliphatic heterocycles. The first-order valence-electron chi connectivity index (χ1n) is 15.3. The van der Waals surface area contributed by atoms with Gasteiger partial charge < -0.3 is 30.5 Å². The normalized spacial score (nSPS) is 14.2. The lowest BCUT2D eigenvalue weighted by molar-refractivity contribution is -0.137. The molecule has 0 aliphatic carbocycles. The molecule has 14 heteroatoms. The lowest BCUT2D eigenvalue weighted by Gasteiger charge is -2.36. The molecule has 0 radical (unpaired) electrons. The largest absolute Gasteiger partial charge is 0.507 e. The summed E-state index contributed by atoms with van der Waals surface area (Å²) in [6, 6.07) is 24.9. The van der Waals surface area contributed by atoms with Gasteiger partial charge in [-0.1, -0.05) is 42.1 Å². The number of rotatable bonds is 8. The molecule has 1 fully saturated rings. The highest BCUT2D eigenvalue weighted by Crippen LogP contribution is 2.49. The average Bonchev–Trinajstić information content (AvgIpc) is 3.05. The fourth-order valence-electron chi connectivity index (χ4n) is 5.45. The summed E-state index contributed by atoms with van der Waals surface area (Å²) in [6.07, 6.45) is -3.48. The summed E-state index contributed by atoms with van der Waals surface area (Å²) in [5.41, 5.74) is 6.95. The first kappa shape index (κ1) is 39.8. The van der Waals surface area contributed by atoms with Crippen LogP contribution < -0.4 is 15.4 Å². The minimum Gasteiger partial charge on any atom is -0.507 e. The molecule has 0 unspecified atom stereocenters. The van der Waals surface area contributed by atoms with E-state index in [0.29, 0.717) is 30.2 Å². The first-order chi connectivity index (χ1) is 22.6. The predicted octanol–water partition coefficient (Wildman–Crippen LogP) is 7.35. The number of aliphatic hydroxyl groups is 1. The van der Waals surface area contributed by atoms with Gasteiger partial charge in [-0.15, -0.1) is 24.8 Å². The maximum absolute atomic E-state index is 13.3. The molecule has 4 N–H and O–H groups in total. The zero-order chi connectivity index (χ0) is 33.4. The van der Waals surface area contributed by atoms with Crippen molar-refractivity contribution < 1.29 is 32.9 Å². The Balaban J connectivity index is 0.000000293. The third-order valence-corrected chi connectivity index (χ3v) is 9.02. The summed E-state index contributed by atoms with van der Waals surface area (Å²) in [7, 11) is 0. The number of nitrogens with two attached hydrogens (primary N) is 1. The fraction of sp³-hybridized carbons (Fsp3) is 0.286. The number of hydrogen-bond donors (Lipinski definition) is 3. The van der Waals surface area contributed by atoms with Gasteiger partial charge in [0.2, 0.25) is 0 Å². The number of carbonyl (C=O) groups is 1. The number of fused-ring (bicyclic) bond motifs is 2. The number of nitrogen functional groups attached to an aromatic ring is 1. The number of aliphatic hydroxyl groups excluding tert-OH is 1. The quantitative estimate of drug-likeness (QED) is 0.0974. The number of para-hydroxylation sites is 2. The summed E-state index contributed by atoms with van der Waals surface area (Å²) in [6.45, 7) is 6.29. The van der Waals surface area contributed by atoms with Gasteiger partial charge in [0.25, 0.3) is 0 Å². The summed E-state index contributed by atoms with van der Waals surface area (Å²) in [4.78, 5) is 20.3. The lowest BCUT2D eigenvalue weighted by Crippen LogP contribution is -2.47. The van der Waals surface area contributed by atoms with E-state index in [4.69, 9.17) is 15.6 Å². The minimum atomic E-state index is -4.35. The number of hydrogen-bond acceptors (Lipinski definition) is 9. The van der Waals surface area contributed by atoms with E-state index in [1.54, 1.807) is 30.3 Å². The molecule has 0 spiro atoms. The summed E-state index contributed by atoms with van der Waals surface area (Å²) < 4.78 is 45.0. The monoisotopic (exact) mass is 738 g/mol. The van der Waals surface area contributed by atoms with Gasteiger partial charge in [0.1, 0.15) is 17.1 Å². The Labute approximate surface area is 300 Å². The summed E-state index contributed by atoms with van der Waals surface area (Å²) in [5, 5.41) is 18.6. The van der Waals surface area contributed by atoms with Gasteiger partial charge >= 0.3 is 12.1 Å². The van der Waals surface area contributed by atoms with E-state index < -0.39 is 17.7 Å². The van der Waals surface area contributed by atoms with Crippen LogP contribution in [0.3, 0.4) is 0 Å². The summed E-state index contributed by atoms with van der Waals surface area (Å²) >= 11 is 1.53. The fourth-order valence-corrected chi connectivity index (χ4v) is 6.52. The topological polar surface area (TPSA) is 102 Å². The van der Waals surface area contributed by atoms with Crippen molar-refractivity contribution in [1.82, 2.24) is 9.80 Å². The molecule has 4 aromatic rings. The highest BCUT2D eigenvalue weighted by atomic mass is 35.5. The number of piperazine rings is 1. The van der Waals surface area contributed by atoms with Crippen LogP contribution in [0.2, 0.25) is 0 Å². The van der Waals surface area contributed by atoms with Gasteiger partial charge in [0, 0.05) is 60.8 Å². The van der Waals surface area contributed by atoms with Crippen molar-refractivity contribution in [1.29, 1.82) is 0 Å². The number of carbonyl (C=O) groups excluding carboxylic acids is 1. The van der Waals surface area contributed by atoms with Crippen LogP contribution in [0.5, 0.6) is 11.5 Å². The molecule has 2 heterocycles. The van der Waals surface area contributed by atoms with Crippen molar-refractivity contribution in [3.8, 4) is 11.5 Å². The van der Waals surface area contributed by atoms with Crippen LogP contribution in [0.25, 0.3) is 0 Å². The zero-order valence-electron chi connectivity index (χ0n) is 26.5. The predicted molar refractivity (Wildman–Crippen MR) is 192 cm³/mol. The smallest absolute Gasteiger partial charge is 0.416 e. The summed E-state index contributed by atoms with van der Waals surface area (Å²) in [5.74, 6) is -0.381. The van der Waals surface area contributed by atoms with E-state index in [0.717, 1.165) is 54.6 Å². The standard InChI is InChI=1S/C22H26F3N3OS.C13H11NO3.2ClH/c23-22(24,25)17-6-7-21-19(16-17)28(18-4-1-2-5-20(18)30-21)9-3-8-26-10-12-27(13-11-26)14-15-29;14-9-6-7-11(12(15)8-9)13(16)17-10-4-2-1-3-5-10;;/h1-2,4-7,16,29H,3,8-15H2;1-8,15H,14H2;2*1H. The Morgan fingerprint density at radius 2 is 1.43 bits per heavy atom. The molecule has 2 aliphatic rings. The van der Waals surface area contributed by atoms with Crippen LogP contribution in [-0.2, 0) is 6.18 Å². The second-order valence-corrected chi connectivity index (χ2v) is 12.2. The molecular weight excluding hydrogens is 700 g/mol. The van der Waals surface area contributed by atoms with E-state index in [-0.39, 0.29) is 42.7 Å². The van der Waals surface area contributed by atoms with Gasteiger partial charge in [-0.2, -0.15) is 13.2 Å². The number of alkyl halides is 3. The number of ether oxygens (including phenoxy) is 1. The van der Waals surface area contributed by atoms with E-state index >= 15 is 0 Å². The number of aromatic hydroxyl groups is 1. The van der Waals surface area contributed by atoms with Crippen LogP contribution in [-0.4, -0.2) is 78.4 Å². The Morgan fingerprint density at radius 1 is 0.796 bits per heavy atom. The first-order valence-corrected chi connectivity index (χ1v) is 16.1. The van der Waals surface area contributed by atoms with E-state index in [1.807, 2.05) is 35.2 Å². The molecule has 0 aromatic heterocycles. The average molecular weight is 740 g/mol. The van der Waals surface area contributed by atoms with Crippen LogP contribution in [0.15, 0.2) is 101 Å². The number of benzene rings is 4. The van der Waals surface area contributed by atoms with Gasteiger partial charge in [0.15, 0.2) is 0 Å². The van der Waals surface area contributed by atoms with Crippen LogP contribution in [0, 0.1) is 0 Å². The van der Waals surface area contributed by atoms with Crippen molar-refractivity contribution in [2.45, 2.75) is 22.4 Å². The SMILES string of the molecule is Cl.Cl.Nc1ccc(C(=O)Oc2ccccc2)c(O)c1.OCCN1CCN(CCCN2c3ccccc3Sc3ccc(C(F)(F)F)cc32)CC1. The maximum atomic E-state index is 13.3. The van der Waals surface area contributed by atoms with Crippen LogP contribution in [0.4, 0.5) is 30.2 Å². The van der Waals surface area contributed by atoms with E-state index in [9.17, 15) is 23.1 Å². The third kappa shape index (κ3) is 10.7. The molecule has 0 atom stereocenters. The molecule has 6 rings (SSSR count). The van der Waals surface area contributed by atoms with Crippen molar-refractivity contribution in [3.05, 3.63) is 102 Å². The van der Waals surface area contributed by atoms with Crippen molar-refractivity contribution in [2.75, 3.05) is 63.1 Å². The molecule has 4 aromatic carbocycles. The molecule has 0 saturated carbocycles. The Bertz CT molecular complexity index is 1660. The second kappa shape index (κ2) is 18.4. The van der Waals surface area contributed by atoms with Gasteiger partial charge in [0.05, 0.1) is 23.5 Å². The van der Waals surface area contributed by atoms with Crippen molar-refractivity contribution in [2.24, 2.45) is 0 Å². The van der Waals surface area contributed by atoms with E-state index in [1.165, 1.54) is 42.1 Å². The molecule has 8 nitrogen and oxygen atoms in total. The maximum Gasteiger partial charge on any atom is 0.416 e. The van der Waals surface area contributed by atoms with Crippen LogP contribution in [0.1, 0.15) is 22.3 Å². The number of halogens is 5. The van der Waals surface area contributed by atoms with E-state index in [2.05, 4.69) is 9.80 Å². The Hall–Kier alpha value is -3.65. The number of phenols is 1. The lowest BCUT2D eigenvalue weighted by atomic mass is 10.1. The Morgan fingerprint density at radius 3 is 2.08 bits per heavy atom. The molecule has 1 saturated heterocycles. The number of phenolic OH excluding ortho intramolecular Hbond substituents is 1. The second-order valence-electron chi connectivity index (χ2n) is 11.1. The van der Waals surface area contributed by atoms with Gasteiger partial charge in [-0.25, -0.2) is 4.79 Å². The van der Waals surface area contributed by atoms with Gasteiger partial charge in [-0.05, 0) is 67.6 Å². The third-order valence-electron chi connectivity index (χ3n) is 7.89. The number of β-amino-alcohol motifs (C(OH)–C–C–N with tert-alkyl or cyclic N) is 1. The molecular formula is C35H39Cl2F3N4O4S. The number of nitrogens with zero attached hydrogens (tertiary/aromatic N) is 3. The number of esters is 1. The highest BCUT2D eigenvalue weighted by Gasteiger charge is 2.33. The van der Waals surface area contributed by atoms with Crippen molar-refractivity contribution >= 4 is 59.6 Å². The molecule has 264 valence electrons. The number of anilines is 3. The van der Waals surface area contributed by atoms with Gasteiger partial charge in [-0.3, -0.25) is 4.90 Å². The zero-order valence-corrected chi connectivity index (χ0v) is 29.0. The highest BCUT2D eigenvalue weighted by molar-refractivity contribution is 7.99. The van der Waals surface area contributed by atoms with Crippen LogP contribution >= 0.6 is 36.6 Å². The minimum absolute atomic E-state index is 0. The Kier molecular flexibility index (Phi) is 14.9. The molecule has 0 amide bonds. The van der Waals surface area contributed by atoms with Crippen molar-refractivity contribution in [3.63, 3.8) is 0 Å². The molecule has 0 bridgehead atoms.